The van der Waals surface area contributed by atoms with Crippen molar-refractivity contribution < 1.29 is 14.3 Å². The predicted molar refractivity (Wildman–Crippen MR) is 84.7 cm³/mol. The lowest BCUT2D eigenvalue weighted by atomic mass is 9.96. The molecule has 0 unspecified atom stereocenters. The minimum absolute atomic E-state index is 0.209. The first-order valence-electron chi connectivity index (χ1n) is 7.25. The molecule has 0 radical (unpaired) electrons. The van der Waals surface area contributed by atoms with Crippen molar-refractivity contribution in [3.05, 3.63) is 23.8 Å². The van der Waals surface area contributed by atoms with E-state index in [9.17, 15) is 4.79 Å². The molecule has 1 rings (SSSR count). The molecule has 1 aromatic rings. The van der Waals surface area contributed by atoms with Crippen LogP contribution in [0, 0.1) is 0 Å². The van der Waals surface area contributed by atoms with Crippen molar-refractivity contribution in [2.75, 3.05) is 0 Å². The average molecular weight is 293 g/mol. The van der Waals surface area contributed by atoms with Crippen LogP contribution in [0.1, 0.15) is 53.5 Å². The third-order valence-corrected chi connectivity index (χ3v) is 2.74. The molecule has 0 aliphatic rings. The van der Waals surface area contributed by atoms with Gasteiger partial charge in [-0.25, -0.2) is 0 Å². The van der Waals surface area contributed by atoms with Gasteiger partial charge >= 0.3 is 5.97 Å². The molecule has 0 bridgehead atoms. The summed E-state index contributed by atoms with van der Waals surface area (Å²) in [5.41, 5.74) is 6.56. The third kappa shape index (κ3) is 7.14. The Morgan fingerprint density at radius 2 is 1.76 bits per heavy atom. The van der Waals surface area contributed by atoms with Gasteiger partial charge in [-0.3, -0.25) is 4.79 Å². The fraction of sp³-hybridized carbons (Fsp3) is 0.588. The molecule has 0 amide bonds. The van der Waals surface area contributed by atoms with Crippen molar-refractivity contribution in [3.63, 3.8) is 0 Å². The van der Waals surface area contributed by atoms with Crippen LogP contribution in [-0.2, 0) is 11.2 Å². The summed E-state index contributed by atoms with van der Waals surface area (Å²) in [6.45, 7) is 11.3. The Labute approximate surface area is 127 Å². The number of rotatable bonds is 5. The highest BCUT2D eigenvalue weighted by Gasteiger charge is 2.18. The van der Waals surface area contributed by atoms with Gasteiger partial charge in [-0.2, -0.15) is 0 Å². The summed E-state index contributed by atoms with van der Waals surface area (Å²) in [5.74, 6) is 0.683. The van der Waals surface area contributed by atoms with Gasteiger partial charge in [0.25, 0.3) is 0 Å². The Morgan fingerprint density at radius 3 is 2.24 bits per heavy atom. The van der Waals surface area contributed by atoms with Gasteiger partial charge in [0.15, 0.2) is 11.5 Å². The topological polar surface area (TPSA) is 61.5 Å². The molecular formula is C17H27NO3. The Kier molecular flexibility index (Phi) is 5.40. The van der Waals surface area contributed by atoms with Gasteiger partial charge in [0, 0.05) is 12.5 Å². The van der Waals surface area contributed by atoms with Gasteiger partial charge in [0.1, 0.15) is 5.60 Å². The molecule has 0 saturated carbocycles. The summed E-state index contributed by atoms with van der Waals surface area (Å²) in [4.78, 5) is 11.2. The van der Waals surface area contributed by atoms with Crippen LogP contribution in [-0.4, -0.2) is 17.1 Å². The minimum atomic E-state index is -0.360. The molecular weight excluding hydrogens is 266 g/mol. The highest BCUT2D eigenvalue weighted by Crippen LogP contribution is 2.32. The molecule has 4 heteroatoms. The third-order valence-electron chi connectivity index (χ3n) is 2.74. The number of benzene rings is 1. The standard InChI is InChI=1S/C17H27NO3/c1-12(19)20-14-8-7-13(9-10-17(5,6)18)11-15(14)21-16(2,3)4/h7-8,11H,9-10,18H2,1-6H3. The van der Waals surface area contributed by atoms with Crippen LogP contribution in [0.3, 0.4) is 0 Å². The molecule has 0 fully saturated rings. The molecule has 0 saturated heterocycles. The monoisotopic (exact) mass is 293 g/mol. The first-order valence-corrected chi connectivity index (χ1v) is 7.25. The maximum atomic E-state index is 11.2. The Morgan fingerprint density at radius 1 is 1.14 bits per heavy atom. The fourth-order valence-corrected chi connectivity index (χ4v) is 1.82. The van der Waals surface area contributed by atoms with E-state index in [4.69, 9.17) is 15.2 Å². The van der Waals surface area contributed by atoms with Crippen LogP contribution in [0.2, 0.25) is 0 Å². The second kappa shape index (κ2) is 6.48. The molecule has 21 heavy (non-hydrogen) atoms. The van der Waals surface area contributed by atoms with Gasteiger partial charge in [-0.1, -0.05) is 6.07 Å². The van der Waals surface area contributed by atoms with E-state index in [1.807, 2.05) is 46.8 Å². The van der Waals surface area contributed by atoms with E-state index in [-0.39, 0.29) is 17.1 Å². The summed E-state index contributed by atoms with van der Waals surface area (Å²) >= 11 is 0. The summed E-state index contributed by atoms with van der Waals surface area (Å²) in [6, 6.07) is 5.65. The Balaban J connectivity index is 2.99. The number of esters is 1. The molecule has 0 aromatic heterocycles. The first kappa shape index (κ1) is 17.5. The minimum Gasteiger partial charge on any atom is -0.484 e. The largest absolute Gasteiger partial charge is 0.484 e. The Bertz CT molecular complexity index is 496. The Hall–Kier alpha value is -1.55. The summed E-state index contributed by atoms with van der Waals surface area (Å²) in [6.07, 6.45) is 1.72. The number of nitrogens with two attached hydrogens (primary N) is 1. The van der Waals surface area contributed by atoms with Crippen molar-refractivity contribution >= 4 is 5.97 Å². The van der Waals surface area contributed by atoms with E-state index in [2.05, 4.69) is 0 Å². The second-order valence-corrected chi connectivity index (χ2v) is 7.08. The lowest BCUT2D eigenvalue weighted by Gasteiger charge is -2.24. The smallest absolute Gasteiger partial charge is 0.308 e. The maximum absolute atomic E-state index is 11.2. The number of hydrogen-bond acceptors (Lipinski definition) is 4. The van der Waals surface area contributed by atoms with E-state index in [1.54, 1.807) is 6.07 Å². The number of carbonyl (C=O) groups excluding carboxylic acids is 1. The quantitative estimate of drug-likeness (QED) is 0.667. The highest BCUT2D eigenvalue weighted by atomic mass is 16.6. The van der Waals surface area contributed by atoms with E-state index >= 15 is 0 Å². The van der Waals surface area contributed by atoms with Crippen LogP contribution in [0.25, 0.3) is 0 Å². The summed E-state index contributed by atoms with van der Waals surface area (Å²) in [7, 11) is 0. The van der Waals surface area contributed by atoms with Crippen molar-refractivity contribution in [1.29, 1.82) is 0 Å². The number of aryl methyl sites for hydroxylation is 1. The van der Waals surface area contributed by atoms with Crippen LogP contribution >= 0.6 is 0 Å². The lowest BCUT2D eigenvalue weighted by Crippen LogP contribution is -2.32. The van der Waals surface area contributed by atoms with Gasteiger partial charge < -0.3 is 15.2 Å². The molecule has 4 nitrogen and oxygen atoms in total. The van der Waals surface area contributed by atoms with Crippen molar-refractivity contribution in [2.45, 2.75) is 65.5 Å². The van der Waals surface area contributed by atoms with Crippen LogP contribution in [0.5, 0.6) is 11.5 Å². The van der Waals surface area contributed by atoms with Gasteiger partial charge in [-0.15, -0.1) is 0 Å². The lowest BCUT2D eigenvalue weighted by molar-refractivity contribution is -0.132. The number of hydrogen-bond donors (Lipinski definition) is 1. The van der Waals surface area contributed by atoms with Gasteiger partial charge in [0.05, 0.1) is 0 Å². The predicted octanol–water partition coefficient (Wildman–Crippen LogP) is 3.46. The zero-order chi connectivity index (χ0) is 16.3. The summed E-state index contributed by atoms with van der Waals surface area (Å²) in [5, 5.41) is 0. The average Bonchev–Trinajstić information content (AvgIpc) is 2.26. The molecule has 1 aromatic carbocycles. The zero-order valence-electron chi connectivity index (χ0n) is 13.9. The van der Waals surface area contributed by atoms with Crippen molar-refractivity contribution in [1.82, 2.24) is 0 Å². The van der Waals surface area contributed by atoms with E-state index in [0.29, 0.717) is 11.5 Å². The highest BCUT2D eigenvalue weighted by molar-refractivity contribution is 5.70. The van der Waals surface area contributed by atoms with E-state index < -0.39 is 0 Å². The molecule has 118 valence electrons. The maximum Gasteiger partial charge on any atom is 0.308 e. The van der Waals surface area contributed by atoms with Gasteiger partial charge in [0.2, 0.25) is 0 Å². The molecule has 0 heterocycles. The molecule has 0 atom stereocenters. The number of ether oxygens (including phenoxy) is 2. The zero-order valence-corrected chi connectivity index (χ0v) is 13.9. The van der Waals surface area contributed by atoms with Crippen LogP contribution < -0.4 is 15.2 Å². The summed E-state index contributed by atoms with van der Waals surface area (Å²) < 4.78 is 11.1. The van der Waals surface area contributed by atoms with E-state index in [1.165, 1.54) is 6.92 Å². The van der Waals surface area contributed by atoms with Crippen molar-refractivity contribution in [2.24, 2.45) is 5.73 Å². The van der Waals surface area contributed by atoms with Gasteiger partial charge in [-0.05, 0) is 65.2 Å². The molecule has 0 spiro atoms. The molecule has 0 aliphatic carbocycles. The van der Waals surface area contributed by atoms with Crippen molar-refractivity contribution in [3.8, 4) is 11.5 Å². The first-order chi connectivity index (χ1) is 9.46. The normalized spacial score (nSPS) is 12.1. The second-order valence-electron chi connectivity index (χ2n) is 7.08. The van der Waals surface area contributed by atoms with Crippen LogP contribution in [0.15, 0.2) is 18.2 Å². The SMILES string of the molecule is CC(=O)Oc1ccc(CCC(C)(C)N)cc1OC(C)(C)C. The molecule has 2 N–H and O–H groups in total. The van der Waals surface area contributed by atoms with Crippen LogP contribution in [0.4, 0.5) is 0 Å². The fourth-order valence-electron chi connectivity index (χ4n) is 1.82. The van der Waals surface area contributed by atoms with E-state index in [0.717, 1.165) is 18.4 Å². The number of carbonyl (C=O) groups is 1. The molecule has 0 aliphatic heterocycles.